The van der Waals surface area contributed by atoms with Gasteiger partial charge in [0.25, 0.3) is 0 Å². The Balaban J connectivity index is 1.63. The summed E-state index contributed by atoms with van der Waals surface area (Å²) in [5.74, 6) is 3.79. The first-order valence-electron chi connectivity index (χ1n) is 10.3. The van der Waals surface area contributed by atoms with E-state index in [-0.39, 0.29) is 0 Å². The predicted octanol–water partition coefficient (Wildman–Crippen LogP) is 2.62. The first kappa shape index (κ1) is 22.4. The van der Waals surface area contributed by atoms with Gasteiger partial charge in [0.1, 0.15) is 11.5 Å². The minimum atomic E-state index is 0.562. The van der Waals surface area contributed by atoms with E-state index in [0.717, 1.165) is 49.2 Å². The van der Waals surface area contributed by atoms with Crippen molar-refractivity contribution < 1.29 is 18.9 Å². The van der Waals surface area contributed by atoms with Crippen LogP contribution < -0.4 is 29.2 Å². The van der Waals surface area contributed by atoms with Crippen molar-refractivity contribution in [3.05, 3.63) is 42.0 Å². The lowest BCUT2D eigenvalue weighted by Crippen LogP contribution is -2.52. The molecule has 2 aromatic rings. The second-order valence-electron chi connectivity index (χ2n) is 7.10. The zero-order chi connectivity index (χ0) is 22.2. The summed E-state index contributed by atoms with van der Waals surface area (Å²) < 4.78 is 21.7. The fourth-order valence-electron chi connectivity index (χ4n) is 3.72. The van der Waals surface area contributed by atoms with Crippen LogP contribution in [0.1, 0.15) is 5.56 Å². The number of nitrogens with one attached hydrogen (secondary N) is 1. The number of guanidine groups is 1. The number of methoxy groups -OCH3 is 4. The van der Waals surface area contributed by atoms with E-state index in [9.17, 15) is 0 Å². The molecule has 0 atom stereocenters. The van der Waals surface area contributed by atoms with Crippen molar-refractivity contribution in [2.45, 2.75) is 6.54 Å². The maximum atomic E-state index is 5.53. The van der Waals surface area contributed by atoms with Gasteiger partial charge in [-0.1, -0.05) is 6.07 Å². The fourth-order valence-corrected chi connectivity index (χ4v) is 3.72. The molecule has 31 heavy (non-hydrogen) atoms. The van der Waals surface area contributed by atoms with Gasteiger partial charge in [0.05, 0.1) is 28.4 Å². The number of nitrogens with zero attached hydrogens (tertiary/aromatic N) is 3. The van der Waals surface area contributed by atoms with Gasteiger partial charge in [-0.05, 0) is 18.2 Å². The summed E-state index contributed by atoms with van der Waals surface area (Å²) in [6.45, 7) is 4.13. The van der Waals surface area contributed by atoms with Crippen molar-refractivity contribution in [2.75, 3.05) is 66.6 Å². The maximum Gasteiger partial charge on any atom is 0.194 e. The number of rotatable bonds is 7. The van der Waals surface area contributed by atoms with E-state index in [0.29, 0.717) is 18.0 Å². The van der Waals surface area contributed by atoms with Crippen molar-refractivity contribution in [3.63, 3.8) is 0 Å². The molecule has 0 radical (unpaired) electrons. The molecule has 1 saturated heterocycles. The molecule has 1 heterocycles. The van der Waals surface area contributed by atoms with E-state index in [4.69, 9.17) is 18.9 Å². The molecule has 168 valence electrons. The Morgan fingerprint density at radius 3 is 2.16 bits per heavy atom. The molecule has 0 aromatic heterocycles. The van der Waals surface area contributed by atoms with Gasteiger partial charge >= 0.3 is 0 Å². The van der Waals surface area contributed by atoms with Gasteiger partial charge < -0.3 is 34.1 Å². The summed E-state index contributed by atoms with van der Waals surface area (Å²) in [6.07, 6.45) is 0. The molecule has 3 rings (SSSR count). The van der Waals surface area contributed by atoms with E-state index < -0.39 is 0 Å². The van der Waals surface area contributed by atoms with Crippen LogP contribution in [-0.2, 0) is 6.54 Å². The zero-order valence-corrected chi connectivity index (χ0v) is 19.0. The van der Waals surface area contributed by atoms with Crippen LogP contribution in [0.15, 0.2) is 41.4 Å². The molecule has 0 amide bonds. The fraction of sp³-hybridized carbons (Fsp3) is 0.435. The highest BCUT2D eigenvalue weighted by atomic mass is 16.5. The number of hydrogen-bond donors (Lipinski definition) is 1. The Hall–Kier alpha value is -3.29. The summed E-state index contributed by atoms with van der Waals surface area (Å²) in [4.78, 5) is 9.11. The molecule has 8 heteroatoms. The summed E-state index contributed by atoms with van der Waals surface area (Å²) >= 11 is 0. The lowest BCUT2D eigenvalue weighted by atomic mass is 10.1. The summed E-state index contributed by atoms with van der Waals surface area (Å²) in [6, 6.07) is 12.0. The predicted molar refractivity (Wildman–Crippen MR) is 123 cm³/mol. The maximum absolute atomic E-state index is 5.53. The molecule has 2 aromatic carbocycles. The second kappa shape index (κ2) is 10.7. The standard InChI is InChI=1S/C23H32N4O4/c1-24-23(25-16-17-13-21(30-4)22(31-5)15-20(17)29-3)27-11-9-26(10-12-27)18-7-6-8-19(14-18)28-2/h6-8,13-15H,9-12,16H2,1-5H3,(H,24,25). The monoisotopic (exact) mass is 428 g/mol. The SMILES string of the molecule is CN=C(NCc1cc(OC)c(OC)cc1OC)N1CCN(c2cccc(OC)c2)CC1. The van der Waals surface area contributed by atoms with Gasteiger partial charge in [-0.15, -0.1) is 0 Å². The van der Waals surface area contributed by atoms with Crippen LogP contribution in [0.2, 0.25) is 0 Å². The van der Waals surface area contributed by atoms with Crippen LogP contribution in [0, 0.1) is 0 Å². The van der Waals surface area contributed by atoms with Gasteiger partial charge in [-0.3, -0.25) is 4.99 Å². The van der Waals surface area contributed by atoms with Crippen LogP contribution in [0.3, 0.4) is 0 Å². The number of benzene rings is 2. The lowest BCUT2D eigenvalue weighted by molar-refractivity contribution is 0.346. The number of aliphatic imine (C=N–C) groups is 1. The molecule has 1 aliphatic heterocycles. The summed E-state index contributed by atoms with van der Waals surface area (Å²) in [5.41, 5.74) is 2.15. The molecule has 8 nitrogen and oxygen atoms in total. The summed E-state index contributed by atoms with van der Waals surface area (Å²) in [5, 5.41) is 3.45. The highest BCUT2D eigenvalue weighted by Gasteiger charge is 2.21. The Morgan fingerprint density at radius 2 is 1.55 bits per heavy atom. The van der Waals surface area contributed by atoms with Gasteiger partial charge in [-0.25, -0.2) is 0 Å². The number of piperazine rings is 1. The van der Waals surface area contributed by atoms with E-state index >= 15 is 0 Å². The van der Waals surface area contributed by atoms with Crippen LogP contribution in [0.5, 0.6) is 23.0 Å². The molecule has 0 bridgehead atoms. The smallest absolute Gasteiger partial charge is 0.194 e. The van der Waals surface area contributed by atoms with Gasteiger partial charge in [0, 0.05) is 63.2 Å². The largest absolute Gasteiger partial charge is 0.497 e. The molecular formula is C23H32N4O4. The lowest BCUT2D eigenvalue weighted by Gasteiger charge is -2.37. The van der Waals surface area contributed by atoms with Crippen molar-refractivity contribution in [3.8, 4) is 23.0 Å². The van der Waals surface area contributed by atoms with E-state index in [1.165, 1.54) is 5.69 Å². The average Bonchev–Trinajstić information content (AvgIpc) is 2.84. The molecule has 0 spiro atoms. The van der Waals surface area contributed by atoms with Crippen molar-refractivity contribution in [1.82, 2.24) is 10.2 Å². The quantitative estimate of drug-likeness (QED) is 0.537. The highest BCUT2D eigenvalue weighted by molar-refractivity contribution is 5.80. The Morgan fingerprint density at radius 1 is 0.871 bits per heavy atom. The van der Waals surface area contributed by atoms with Crippen LogP contribution in [0.4, 0.5) is 5.69 Å². The van der Waals surface area contributed by atoms with E-state index in [2.05, 4.69) is 32.2 Å². The third-order valence-electron chi connectivity index (χ3n) is 5.43. The van der Waals surface area contributed by atoms with Crippen LogP contribution >= 0.6 is 0 Å². The topological polar surface area (TPSA) is 67.8 Å². The minimum absolute atomic E-state index is 0.562. The zero-order valence-electron chi connectivity index (χ0n) is 19.0. The van der Waals surface area contributed by atoms with Crippen LogP contribution in [0.25, 0.3) is 0 Å². The highest BCUT2D eigenvalue weighted by Crippen LogP contribution is 2.34. The Bertz CT molecular complexity index is 895. The van der Waals surface area contributed by atoms with E-state index in [1.807, 2.05) is 31.3 Å². The summed E-state index contributed by atoms with van der Waals surface area (Å²) in [7, 11) is 8.39. The molecule has 0 unspecified atom stereocenters. The molecule has 0 saturated carbocycles. The number of hydrogen-bond acceptors (Lipinski definition) is 6. The normalized spacial score (nSPS) is 14.3. The third-order valence-corrected chi connectivity index (χ3v) is 5.43. The number of ether oxygens (including phenoxy) is 4. The van der Waals surface area contributed by atoms with Gasteiger partial charge in [0.2, 0.25) is 0 Å². The Kier molecular flexibility index (Phi) is 7.70. The molecule has 1 N–H and O–H groups in total. The van der Waals surface area contributed by atoms with Crippen molar-refractivity contribution >= 4 is 11.6 Å². The Labute approximate surface area is 184 Å². The van der Waals surface area contributed by atoms with E-state index in [1.54, 1.807) is 28.4 Å². The number of anilines is 1. The van der Waals surface area contributed by atoms with Crippen LogP contribution in [-0.4, -0.2) is 72.5 Å². The molecule has 1 aliphatic rings. The first-order valence-corrected chi connectivity index (χ1v) is 10.3. The molecule has 1 fully saturated rings. The minimum Gasteiger partial charge on any atom is -0.497 e. The van der Waals surface area contributed by atoms with Gasteiger partial charge in [0.15, 0.2) is 17.5 Å². The second-order valence-corrected chi connectivity index (χ2v) is 7.10. The first-order chi connectivity index (χ1) is 15.1. The molecular weight excluding hydrogens is 396 g/mol. The van der Waals surface area contributed by atoms with Crippen molar-refractivity contribution in [2.24, 2.45) is 4.99 Å². The molecule has 0 aliphatic carbocycles. The third kappa shape index (κ3) is 5.25. The van der Waals surface area contributed by atoms with Gasteiger partial charge in [-0.2, -0.15) is 0 Å². The van der Waals surface area contributed by atoms with Crippen molar-refractivity contribution in [1.29, 1.82) is 0 Å². The average molecular weight is 429 g/mol.